The molecule has 0 aliphatic heterocycles. The van der Waals surface area contributed by atoms with Gasteiger partial charge in [0.1, 0.15) is 10.7 Å². The lowest BCUT2D eigenvalue weighted by Crippen LogP contribution is -2.56. The van der Waals surface area contributed by atoms with Crippen LogP contribution in [0.1, 0.15) is 11.1 Å². The molecule has 3 rings (SSSR count). The van der Waals surface area contributed by atoms with Gasteiger partial charge in [-0.15, -0.1) is 0 Å². The second-order valence-electron chi connectivity index (χ2n) is 5.75. The third-order valence-electron chi connectivity index (χ3n) is 4.03. The van der Waals surface area contributed by atoms with E-state index < -0.39 is 0 Å². The summed E-state index contributed by atoms with van der Waals surface area (Å²) in [6, 6.07) is 16.6. The van der Waals surface area contributed by atoms with Crippen molar-refractivity contribution >= 4 is 23.8 Å². The Morgan fingerprint density at radius 1 is 0.760 bits per heavy atom. The zero-order valence-electron chi connectivity index (χ0n) is 13.9. The molecule has 0 unspecified atom stereocenters. The number of rotatable bonds is 2. The smallest absolute Gasteiger partial charge is 0.274 e. The number of halogens is 1. The van der Waals surface area contributed by atoms with Crippen molar-refractivity contribution in [1.29, 1.82) is 0 Å². The lowest BCUT2D eigenvalue weighted by Gasteiger charge is -2.05. The highest BCUT2D eigenvalue weighted by Crippen LogP contribution is 2.10. The molecule has 126 valence electrons. The largest absolute Gasteiger partial charge is 0.305 e. The zero-order chi connectivity index (χ0) is 18.0. The van der Waals surface area contributed by atoms with Crippen LogP contribution in [-0.4, -0.2) is 9.13 Å². The molecule has 0 bridgehead atoms. The third kappa shape index (κ3) is 3.49. The van der Waals surface area contributed by atoms with Crippen molar-refractivity contribution in [3.05, 3.63) is 102 Å². The Labute approximate surface area is 149 Å². The lowest BCUT2D eigenvalue weighted by molar-refractivity contribution is 0.696. The van der Waals surface area contributed by atoms with Gasteiger partial charge >= 0.3 is 0 Å². The fraction of sp³-hybridized carbons (Fsp3) is 0.100. The maximum Gasteiger partial charge on any atom is 0.274 e. The van der Waals surface area contributed by atoms with Gasteiger partial charge in [-0.2, -0.15) is 0 Å². The predicted molar refractivity (Wildman–Crippen MR) is 101 cm³/mol. The molecule has 0 amide bonds. The summed E-state index contributed by atoms with van der Waals surface area (Å²) in [5, 5.41) is 1.21. The van der Waals surface area contributed by atoms with Crippen LogP contribution in [0.4, 0.5) is 0 Å². The molecular formula is C20H17ClN2O2. The van der Waals surface area contributed by atoms with Crippen LogP contribution < -0.4 is 21.8 Å². The Balaban J connectivity index is 2.31. The van der Waals surface area contributed by atoms with Crippen LogP contribution in [0.25, 0.3) is 12.2 Å². The van der Waals surface area contributed by atoms with Crippen LogP contribution in [0, 0.1) is 0 Å². The molecule has 0 saturated carbocycles. The summed E-state index contributed by atoms with van der Waals surface area (Å²) in [6.45, 7) is 0. The summed E-state index contributed by atoms with van der Waals surface area (Å²) >= 11 is 5.99. The first-order chi connectivity index (χ1) is 12.0. The summed E-state index contributed by atoms with van der Waals surface area (Å²) in [4.78, 5) is 25.5. The second kappa shape index (κ2) is 6.95. The number of hydrogen-bond donors (Lipinski definition) is 0. The van der Waals surface area contributed by atoms with Gasteiger partial charge in [0.2, 0.25) is 0 Å². The molecule has 5 heteroatoms. The highest BCUT2D eigenvalue weighted by Gasteiger charge is 2.05. The average Bonchev–Trinajstić information content (AvgIpc) is 2.62. The minimum atomic E-state index is -0.246. The third-order valence-corrected chi connectivity index (χ3v) is 4.26. The van der Waals surface area contributed by atoms with Crippen molar-refractivity contribution in [1.82, 2.24) is 9.13 Å². The van der Waals surface area contributed by atoms with E-state index in [1.807, 2.05) is 36.4 Å². The second-order valence-corrected chi connectivity index (χ2v) is 6.19. The molecule has 0 aliphatic carbocycles. The highest BCUT2D eigenvalue weighted by atomic mass is 35.5. The Hall–Kier alpha value is -2.85. The molecule has 1 aromatic heterocycles. The van der Waals surface area contributed by atoms with E-state index in [0.717, 1.165) is 11.1 Å². The van der Waals surface area contributed by atoms with Crippen LogP contribution >= 0.6 is 11.6 Å². The van der Waals surface area contributed by atoms with Crippen molar-refractivity contribution in [3.63, 3.8) is 0 Å². The van der Waals surface area contributed by atoms with Crippen molar-refractivity contribution in [2.24, 2.45) is 14.1 Å². The summed E-state index contributed by atoms with van der Waals surface area (Å²) in [6.07, 6.45) is 3.38. The SMILES string of the molecule is Cn1c(=O)/c(=C/c2cccc(Cl)c2)n(C)c(=O)/c1=C/c1ccccc1. The summed E-state index contributed by atoms with van der Waals surface area (Å²) < 4.78 is 2.75. The maximum absolute atomic E-state index is 12.8. The number of aromatic nitrogens is 2. The van der Waals surface area contributed by atoms with Crippen molar-refractivity contribution in [3.8, 4) is 0 Å². The van der Waals surface area contributed by atoms with E-state index in [1.165, 1.54) is 9.13 Å². The maximum atomic E-state index is 12.8. The first kappa shape index (κ1) is 17.0. The Morgan fingerprint density at radius 3 is 1.84 bits per heavy atom. The van der Waals surface area contributed by atoms with E-state index in [2.05, 4.69) is 0 Å². The predicted octanol–water partition coefficient (Wildman–Crippen LogP) is 1.39. The molecule has 4 nitrogen and oxygen atoms in total. The fourth-order valence-electron chi connectivity index (χ4n) is 2.63. The topological polar surface area (TPSA) is 44.0 Å². The van der Waals surface area contributed by atoms with Gasteiger partial charge in [0.25, 0.3) is 11.1 Å². The molecule has 25 heavy (non-hydrogen) atoms. The molecule has 0 saturated heterocycles. The molecule has 3 aromatic rings. The molecule has 0 fully saturated rings. The van der Waals surface area contributed by atoms with Gasteiger partial charge in [-0.3, -0.25) is 9.59 Å². The van der Waals surface area contributed by atoms with Crippen molar-refractivity contribution < 1.29 is 0 Å². The molecule has 0 aliphatic rings. The fourth-order valence-corrected chi connectivity index (χ4v) is 2.83. The Bertz CT molecular complexity index is 1160. The quantitative estimate of drug-likeness (QED) is 0.699. The van der Waals surface area contributed by atoms with Gasteiger partial charge in [-0.05, 0) is 35.4 Å². The van der Waals surface area contributed by atoms with Crippen molar-refractivity contribution in [2.45, 2.75) is 0 Å². The molecular weight excluding hydrogens is 336 g/mol. The van der Waals surface area contributed by atoms with Gasteiger partial charge in [-0.1, -0.05) is 54.1 Å². The Morgan fingerprint density at radius 2 is 1.28 bits per heavy atom. The van der Waals surface area contributed by atoms with Gasteiger partial charge in [0.05, 0.1) is 0 Å². The van der Waals surface area contributed by atoms with E-state index in [0.29, 0.717) is 15.7 Å². The summed E-state index contributed by atoms with van der Waals surface area (Å²) in [5.41, 5.74) is 1.14. The minimum Gasteiger partial charge on any atom is -0.305 e. The molecule has 2 aromatic carbocycles. The van der Waals surface area contributed by atoms with Crippen LogP contribution in [0.2, 0.25) is 5.02 Å². The van der Waals surface area contributed by atoms with Crippen LogP contribution in [0.15, 0.2) is 64.2 Å². The molecule has 0 radical (unpaired) electrons. The van der Waals surface area contributed by atoms with Gasteiger partial charge in [0.15, 0.2) is 0 Å². The molecule has 0 atom stereocenters. The van der Waals surface area contributed by atoms with E-state index in [1.54, 1.807) is 44.4 Å². The normalized spacial score (nSPS) is 12.6. The van der Waals surface area contributed by atoms with Crippen molar-refractivity contribution in [2.75, 3.05) is 0 Å². The van der Waals surface area contributed by atoms with E-state index in [4.69, 9.17) is 11.6 Å². The van der Waals surface area contributed by atoms with Gasteiger partial charge in [-0.25, -0.2) is 0 Å². The summed E-state index contributed by atoms with van der Waals surface area (Å²) in [5.74, 6) is 0. The molecule has 0 N–H and O–H groups in total. The monoisotopic (exact) mass is 352 g/mol. The first-order valence-corrected chi connectivity index (χ1v) is 8.15. The average molecular weight is 353 g/mol. The van der Waals surface area contributed by atoms with Gasteiger partial charge < -0.3 is 9.13 Å². The van der Waals surface area contributed by atoms with Gasteiger partial charge in [0, 0.05) is 19.1 Å². The number of nitrogens with zero attached hydrogens (tertiary/aromatic N) is 2. The van der Waals surface area contributed by atoms with Crippen LogP contribution in [0.5, 0.6) is 0 Å². The number of hydrogen-bond acceptors (Lipinski definition) is 2. The molecule has 1 heterocycles. The van der Waals surface area contributed by atoms with E-state index in [9.17, 15) is 9.59 Å². The number of benzene rings is 2. The van der Waals surface area contributed by atoms with E-state index >= 15 is 0 Å². The van der Waals surface area contributed by atoms with Crippen LogP contribution in [0.3, 0.4) is 0 Å². The summed E-state index contributed by atoms with van der Waals surface area (Å²) in [7, 11) is 3.20. The molecule has 0 spiro atoms. The lowest BCUT2D eigenvalue weighted by atomic mass is 10.2. The van der Waals surface area contributed by atoms with E-state index in [-0.39, 0.29) is 11.1 Å². The van der Waals surface area contributed by atoms with Crippen LogP contribution in [-0.2, 0) is 14.1 Å². The first-order valence-electron chi connectivity index (χ1n) is 7.77. The minimum absolute atomic E-state index is 0.237. The standard InChI is InChI=1S/C20H17ClN2O2/c1-22-17(12-14-7-4-3-5-8-14)19(24)23(2)18(20(22)25)13-15-9-6-10-16(21)11-15/h3-13H,1-2H3/b17-12-,18-13-. The highest BCUT2D eigenvalue weighted by molar-refractivity contribution is 6.30. The Kier molecular flexibility index (Phi) is 4.72. The zero-order valence-corrected chi connectivity index (χ0v) is 14.7.